The van der Waals surface area contributed by atoms with Gasteiger partial charge in [0.05, 0.1) is 0 Å². The van der Waals surface area contributed by atoms with Crippen LogP contribution in [0.15, 0.2) is 23.3 Å². The number of rotatable bonds is 10. The van der Waals surface area contributed by atoms with Gasteiger partial charge >= 0.3 is 0 Å². The van der Waals surface area contributed by atoms with Gasteiger partial charge in [0.1, 0.15) is 0 Å². The lowest BCUT2D eigenvalue weighted by molar-refractivity contribution is 0.0481. The summed E-state index contributed by atoms with van der Waals surface area (Å²) in [6, 6.07) is 1.86. The highest BCUT2D eigenvalue weighted by Gasteiger charge is 2.54. The molecule has 9 aliphatic carbocycles. The van der Waals surface area contributed by atoms with E-state index in [9.17, 15) is 0 Å². The minimum atomic E-state index is 0.875. The van der Waals surface area contributed by atoms with Crippen LogP contribution in [-0.4, -0.2) is 23.5 Å². The molecule has 350 valence electrons. The first-order chi connectivity index (χ1) is 30.6. The molecule has 12 atom stereocenters. The Hall–Kier alpha value is -0.560. The molecule has 1 aliphatic heterocycles. The SMILES string of the molecule is CC1CC(C2CCC3C4CCC(C5CCC(C=C(C6CCCCC6)C6CCCCC6)C(C)C5)CC4N(CC4CCCCC4)C3C2)CCC1C=C(C1CCCCC1)C1CCCCC1. The van der Waals surface area contributed by atoms with E-state index in [1.165, 1.54) is 180 Å². The van der Waals surface area contributed by atoms with Crippen LogP contribution in [0.5, 0.6) is 0 Å². The lowest BCUT2D eigenvalue weighted by Crippen LogP contribution is -2.46. The van der Waals surface area contributed by atoms with Crippen LogP contribution in [0.1, 0.15) is 251 Å². The van der Waals surface area contributed by atoms with E-state index in [1.807, 2.05) is 11.1 Å². The van der Waals surface area contributed by atoms with Gasteiger partial charge in [0.25, 0.3) is 0 Å². The third-order valence-electron chi connectivity index (χ3n) is 22.4. The summed E-state index contributed by atoms with van der Waals surface area (Å²) in [6.45, 7) is 6.92. The fourth-order valence-corrected chi connectivity index (χ4v) is 18.9. The zero-order valence-corrected chi connectivity index (χ0v) is 41.3. The molecule has 9 saturated carbocycles. The summed E-state index contributed by atoms with van der Waals surface area (Å²) < 4.78 is 0. The highest BCUT2D eigenvalue weighted by atomic mass is 15.2. The molecule has 0 aromatic heterocycles. The molecule has 10 fully saturated rings. The molecule has 0 spiro atoms. The van der Waals surface area contributed by atoms with E-state index in [-0.39, 0.29) is 0 Å². The van der Waals surface area contributed by atoms with E-state index in [0.29, 0.717) is 0 Å². The van der Waals surface area contributed by atoms with Crippen molar-refractivity contribution >= 4 is 0 Å². The third-order valence-corrected chi connectivity index (χ3v) is 22.4. The van der Waals surface area contributed by atoms with Crippen LogP contribution in [0.25, 0.3) is 0 Å². The monoisotopic (exact) mass is 848 g/mol. The molecule has 1 heteroatoms. The maximum atomic E-state index is 3.36. The van der Waals surface area contributed by atoms with E-state index >= 15 is 0 Å². The van der Waals surface area contributed by atoms with Gasteiger partial charge < -0.3 is 0 Å². The fourth-order valence-electron chi connectivity index (χ4n) is 18.9. The van der Waals surface area contributed by atoms with E-state index in [4.69, 9.17) is 0 Å². The molecule has 1 nitrogen and oxygen atoms in total. The second-order valence-electron chi connectivity index (χ2n) is 25.9. The molecule has 0 amide bonds. The first-order valence-electron chi connectivity index (χ1n) is 29.7. The Kier molecular flexibility index (Phi) is 15.8. The van der Waals surface area contributed by atoms with Crippen LogP contribution in [-0.2, 0) is 0 Å². The normalized spacial score (nSPS) is 41.6. The molecule has 62 heavy (non-hydrogen) atoms. The summed E-state index contributed by atoms with van der Waals surface area (Å²) in [6.07, 6.45) is 62.4. The molecule has 10 aliphatic rings. The van der Waals surface area contributed by atoms with Crippen molar-refractivity contribution in [1.29, 1.82) is 0 Å². The van der Waals surface area contributed by atoms with Crippen molar-refractivity contribution in [2.24, 2.45) is 88.8 Å². The molecule has 0 radical (unpaired) electrons. The summed E-state index contributed by atoms with van der Waals surface area (Å²) >= 11 is 0. The summed E-state index contributed by atoms with van der Waals surface area (Å²) in [5, 5.41) is 0. The number of likely N-dealkylation sites (tertiary alicyclic amines) is 1. The van der Waals surface area contributed by atoms with Crippen LogP contribution >= 0.6 is 0 Å². The van der Waals surface area contributed by atoms with Crippen molar-refractivity contribution in [2.75, 3.05) is 6.54 Å². The Morgan fingerprint density at radius 2 is 0.677 bits per heavy atom. The van der Waals surface area contributed by atoms with Gasteiger partial charge in [-0.15, -0.1) is 0 Å². The predicted molar refractivity (Wildman–Crippen MR) is 265 cm³/mol. The molecule has 0 bridgehead atoms. The Labute approximate surface area is 385 Å². The molecule has 1 heterocycles. The highest BCUT2D eigenvalue weighted by Crippen LogP contribution is 2.57. The zero-order chi connectivity index (χ0) is 41.8. The van der Waals surface area contributed by atoms with Gasteiger partial charge in [-0.25, -0.2) is 0 Å². The van der Waals surface area contributed by atoms with Gasteiger partial charge in [0.2, 0.25) is 0 Å². The molecule has 0 aromatic rings. The minimum Gasteiger partial charge on any atom is -0.297 e. The van der Waals surface area contributed by atoms with Crippen LogP contribution in [0, 0.1) is 88.8 Å². The van der Waals surface area contributed by atoms with Crippen molar-refractivity contribution in [3.8, 4) is 0 Å². The first kappa shape index (κ1) is 45.2. The summed E-state index contributed by atoms with van der Waals surface area (Å²) in [4.78, 5) is 3.36. The van der Waals surface area contributed by atoms with Crippen LogP contribution < -0.4 is 0 Å². The van der Waals surface area contributed by atoms with Gasteiger partial charge in [-0.2, -0.15) is 0 Å². The Balaban J connectivity index is 0.794. The van der Waals surface area contributed by atoms with Crippen molar-refractivity contribution < 1.29 is 0 Å². The van der Waals surface area contributed by atoms with Crippen molar-refractivity contribution in [2.45, 2.75) is 264 Å². The summed E-state index contributed by atoms with van der Waals surface area (Å²) in [7, 11) is 0. The number of nitrogens with zero attached hydrogens (tertiary/aromatic N) is 1. The van der Waals surface area contributed by atoms with E-state index < -0.39 is 0 Å². The Bertz CT molecular complexity index is 1290. The van der Waals surface area contributed by atoms with Crippen LogP contribution in [0.2, 0.25) is 0 Å². The van der Waals surface area contributed by atoms with Gasteiger partial charge in [0, 0.05) is 18.6 Å². The highest BCUT2D eigenvalue weighted by molar-refractivity contribution is 5.17. The second kappa shape index (κ2) is 21.6. The number of hydrogen-bond acceptors (Lipinski definition) is 1. The standard InChI is InChI=1S/C61H101N/c1-43-36-52(30-28-50(43)38-58(46-20-10-4-11-21-46)47-22-12-5-13-23-47)54-32-34-56-57-35-33-55(41-61(57)62(60(56)40-54)42-45-18-8-3-9-19-45)53-31-29-51(44(2)37-53)39-59(48-24-14-6-15-25-48)49-26-16-7-17-27-49/h38-39,43-57,60-61H,3-37,40-42H2,1-2H3. The Morgan fingerprint density at radius 1 is 0.355 bits per heavy atom. The number of fused-ring (bicyclic) bond motifs is 3. The van der Waals surface area contributed by atoms with Crippen molar-refractivity contribution in [3.63, 3.8) is 0 Å². The quantitative estimate of drug-likeness (QED) is 0.198. The van der Waals surface area contributed by atoms with Crippen LogP contribution in [0.3, 0.4) is 0 Å². The zero-order valence-electron chi connectivity index (χ0n) is 41.3. The topological polar surface area (TPSA) is 3.24 Å². The van der Waals surface area contributed by atoms with Gasteiger partial charge in [-0.3, -0.25) is 4.90 Å². The molecule has 0 N–H and O–H groups in total. The smallest absolute Gasteiger partial charge is 0.0133 e. The maximum Gasteiger partial charge on any atom is 0.0133 e. The average Bonchev–Trinajstić information content (AvgIpc) is 3.63. The summed E-state index contributed by atoms with van der Waals surface area (Å²) in [5.74, 6) is 14.4. The number of allylic oxidation sites excluding steroid dienone is 4. The molecular weight excluding hydrogens is 747 g/mol. The lowest BCUT2D eigenvalue weighted by atomic mass is 9.61. The van der Waals surface area contributed by atoms with Gasteiger partial charge in [0.15, 0.2) is 0 Å². The second-order valence-corrected chi connectivity index (χ2v) is 25.9. The van der Waals surface area contributed by atoms with Crippen LogP contribution in [0.4, 0.5) is 0 Å². The molecule has 0 aromatic carbocycles. The maximum absolute atomic E-state index is 3.36. The largest absolute Gasteiger partial charge is 0.297 e. The van der Waals surface area contributed by atoms with E-state index in [0.717, 1.165) is 101 Å². The fraction of sp³-hybridized carbons (Fsp3) is 0.934. The average molecular weight is 848 g/mol. The molecular formula is C61H101N. The lowest BCUT2D eigenvalue weighted by Gasteiger charge is -2.45. The molecule has 1 saturated heterocycles. The molecule has 12 unspecified atom stereocenters. The third kappa shape index (κ3) is 10.4. The van der Waals surface area contributed by atoms with Gasteiger partial charge in [-0.1, -0.05) is 133 Å². The molecule has 10 rings (SSSR count). The number of hydrogen-bond donors (Lipinski definition) is 0. The van der Waals surface area contributed by atoms with E-state index in [2.05, 4.69) is 30.9 Å². The van der Waals surface area contributed by atoms with E-state index in [1.54, 1.807) is 64.2 Å². The first-order valence-corrected chi connectivity index (χ1v) is 29.7. The minimum absolute atomic E-state index is 0.875. The van der Waals surface area contributed by atoms with Crippen molar-refractivity contribution in [1.82, 2.24) is 4.90 Å². The summed E-state index contributed by atoms with van der Waals surface area (Å²) in [5.41, 5.74) is 4.01. The Morgan fingerprint density at radius 3 is 1.03 bits per heavy atom. The van der Waals surface area contributed by atoms with Crippen molar-refractivity contribution in [3.05, 3.63) is 23.3 Å². The predicted octanol–water partition coefficient (Wildman–Crippen LogP) is 17.7. The van der Waals surface area contributed by atoms with Gasteiger partial charge in [-0.05, 0) is 230 Å².